The molecule has 1 aromatic carbocycles. The molecule has 0 N–H and O–H groups in total. The van der Waals surface area contributed by atoms with Gasteiger partial charge in [0.1, 0.15) is 5.75 Å². The number of carbonyl (C=O) groups excluding carboxylic acids is 1. The van der Waals surface area contributed by atoms with Crippen molar-refractivity contribution < 1.29 is 14.1 Å². The van der Waals surface area contributed by atoms with Crippen LogP contribution in [0.25, 0.3) is 0 Å². The Morgan fingerprint density at radius 1 is 1.33 bits per heavy atom. The first-order valence-corrected chi connectivity index (χ1v) is 8.62. The first kappa shape index (κ1) is 15.2. The first-order valence-electron chi connectivity index (χ1n) is 8.62. The number of amides is 1. The molecule has 0 bridgehead atoms. The second-order valence-corrected chi connectivity index (χ2v) is 6.32. The number of para-hydroxylation sites is 1. The minimum atomic E-state index is -0.145. The van der Waals surface area contributed by atoms with Crippen molar-refractivity contribution in [2.45, 2.75) is 44.6 Å². The van der Waals surface area contributed by atoms with Gasteiger partial charge in [0.15, 0.2) is 5.82 Å². The molecule has 1 amide bonds. The van der Waals surface area contributed by atoms with Gasteiger partial charge in [0.05, 0.1) is 18.6 Å². The molecule has 0 radical (unpaired) electrons. The second kappa shape index (κ2) is 6.26. The average Bonchev–Trinajstić information content (AvgIpc) is 3.29. The number of ether oxygens (including phenoxy) is 1. The van der Waals surface area contributed by atoms with E-state index < -0.39 is 0 Å². The number of aryl methyl sites for hydroxylation is 1. The number of fused-ring (bicyclic) bond motifs is 1. The van der Waals surface area contributed by atoms with Crippen LogP contribution in [0.3, 0.4) is 0 Å². The predicted octanol–water partition coefficient (Wildman–Crippen LogP) is 2.86. The Kier molecular flexibility index (Phi) is 3.96. The fourth-order valence-electron chi connectivity index (χ4n) is 3.64. The molecule has 0 aliphatic carbocycles. The van der Waals surface area contributed by atoms with Gasteiger partial charge in [0, 0.05) is 18.5 Å². The highest BCUT2D eigenvalue weighted by molar-refractivity contribution is 5.85. The van der Waals surface area contributed by atoms with Gasteiger partial charge in [-0.3, -0.25) is 4.79 Å². The molecule has 6 heteroatoms. The second-order valence-electron chi connectivity index (χ2n) is 6.32. The highest BCUT2D eigenvalue weighted by Crippen LogP contribution is 2.38. The number of nitrogens with zero attached hydrogens (tertiary/aromatic N) is 3. The Hall–Kier alpha value is -2.37. The Morgan fingerprint density at radius 2 is 2.21 bits per heavy atom. The van der Waals surface area contributed by atoms with Crippen LogP contribution in [0.15, 0.2) is 28.8 Å². The molecule has 24 heavy (non-hydrogen) atoms. The van der Waals surface area contributed by atoms with Crippen LogP contribution in [0.4, 0.5) is 0 Å². The van der Waals surface area contributed by atoms with Crippen molar-refractivity contribution in [3.05, 3.63) is 41.5 Å². The van der Waals surface area contributed by atoms with Gasteiger partial charge >= 0.3 is 0 Å². The van der Waals surface area contributed by atoms with E-state index in [0.717, 1.165) is 30.7 Å². The number of aromatic nitrogens is 2. The third-order valence-electron chi connectivity index (χ3n) is 4.88. The van der Waals surface area contributed by atoms with Crippen LogP contribution in [-0.4, -0.2) is 34.1 Å². The van der Waals surface area contributed by atoms with Crippen LogP contribution in [-0.2, 0) is 11.2 Å². The molecule has 2 aromatic rings. The summed E-state index contributed by atoms with van der Waals surface area (Å²) in [6.45, 7) is 3.31. The van der Waals surface area contributed by atoms with E-state index in [1.165, 1.54) is 0 Å². The maximum absolute atomic E-state index is 13.2. The maximum Gasteiger partial charge on any atom is 0.231 e. The lowest BCUT2D eigenvalue weighted by Crippen LogP contribution is -2.37. The van der Waals surface area contributed by atoms with Crippen LogP contribution in [0.2, 0.25) is 0 Å². The number of hydrogen-bond acceptors (Lipinski definition) is 5. The van der Waals surface area contributed by atoms with E-state index in [4.69, 9.17) is 9.26 Å². The standard InChI is InChI=1S/C18H21N3O3/c1-2-16-19-17(20-24-16)14-7-5-10-21(14)18(22)13-9-11-23-15-8-4-3-6-12(13)15/h3-4,6,8,13-14H,2,5,7,9-11H2,1H3/t13-,14+/m1/s1. The lowest BCUT2D eigenvalue weighted by Gasteiger charge is -2.30. The van der Waals surface area contributed by atoms with Gasteiger partial charge in [-0.25, -0.2) is 0 Å². The van der Waals surface area contributed by atoms with Crippen LogP contribution in [0.5, 0.6) is 5.75 Å². The van der Waals surface area contributed by atoms with Gasteiger partial charge in [0.2, 0.25) is 11.8 Å². The number of hydrogen-bond donors (Lipinski definition) is 0. The zero-order chi connectivity index (χ0) is 16.5. The Morgan fingerprint density at radius 3 is 3.04 bits per heavy atom. The normalized spacial score (nSPS) is 23.0. The van der Waals surface area contributed by atoms with Crippen LogP contribution < -0.4 is 4.74 Å². The predicted molar refractivity (Wildman–Crippen MR) is 86.7 cm³/mol. The summed E-state index contributed by atoms with van der Waals surface area (Å²) in [7, 11) is 0. The molecule has 0 unspecified atom stereocenters. The molecule has 2 atom stereocenters. The van der Waals surface area contributed by atoms with Gasteiger partial charge in [-0.2, -0.15) is 4.98 Å². The van der Waals surface area contributed by atoms with Gasteiger partial charge in [-0.1, -0.05) is 30.3 Å². The summed E-state index contributed by atoms with van der Waals surface area (Å²) in [4.78, 5) is 19.6. The minimum absolute atomic E-state index is 0.0726. The molecule has 0 spiro atoms. The highest BCUT2D eigenvalue weighted by Gasteiger charge is 2.38. The van der Waals surface area contributed by atoms with Crippen molar-refractivity contribution >= 4 is 5.91 Å². The van der Waals surface area contributed by atoms with Crippen molar-refractivity contribution in [1.82, 2.24) is 15.0 Å². The fraction of sp³-hybridized carbons (Fsp3) is 0.500. The number of carbonyl (C=O) groups is 1. The quantitative estimate of drug-likeness (QED) is 0.867. The minimum Gasteiger partial charge on any atom is -0.493 e. The summed E-state index contributed by atoms with van der Waals surface area (Å²) < 4.78 is 10.9. The Bertz CT molecular complexity index is 743. The highest BCUT2D eigenvalue weighted by atomic mass is 16.5. The van der Waals surface area contributed by atoms with Crippen molar-refractivity contribution in [2.75, 3.05) is 13.2 Å². The molecule has 2 aliphatic heterocycles. The number of likely N-dealkylation sites (tertiary alicyclic amines) is 1. The van der Waals surface area contributed by atoms with Gasteiger partial charge < -0.3 is 14.2 Å². The average molecular weight is 327 g/mol. The first-order chi connectivity index (χ1) is 11.8. The summed E-state index contributed by atoms with van der Waals surface area (Å²) in [5.74, 6) is 2.09. The SMILES string of the molecule is CCc1nc([C@@H]2CCCN2C(=O)[C@@H]2CCOc3ccccc32)no1. The lowest BCUT2D eigenvalue weighted by molar-refractivity contribution is -0.134. The molecule has 0 saturated carbocycles. The van der Waals surface area contributed by atoms with Gasteiger partial charge in [-0.05, 0) is 25.3 Å². The molecular weight excluding hydrogens is 306 g/mol. The molecule has 1 aromatic heterocycles. The van der Waals surface area contributed by atoms with Crippen LogP contribution >= 0.6 is 0 Å². The molecule has 2 aliphatic rings. The van der Waals surface area contributed by atoms with Crippen LogP contribution in [0.1, 0.15) is 55.4 Å². The zero-order valence-electron chi connectivity index (χ0n) is 13.8. The van der Waals surface area contributed by atoms with Crippen molar-refractivity contribution in [3.63, 3.8) is 0 Å². The molecule has 3 heterocycles. The monoisotopic (exact) mass is 327 g/mol. The molecule has 1 saturated heterocycles. The maximum atomic E-state index is 13.2. The molecule has 6 nitrogen and oxygen atoms in total. The van der Waals surface area contributed by atoms with E-state index >= 15 is 0 Å². The largest absolute Gasteiger partial charge is 0.493 e. The van der Waals surface area contributed by atoms with Gasteiger partial charge in [-0.15, -0.1) is 0 Å². The van der Waals surface area contributed by atoms with E-state index in [1.807, 2.05) is 36.1 Å². The molecule has 4 rings (SSSR count). The van der Waals surface area contributed by atoms with Crippen molar-refractivity contribution in [3.8, 4) is 5.75 Å². The Labute approximate surface area is 140 Å². The summed E-state index contributed by atoms with van der Waals surface area (Å²) in [6, 6.07) is 7.75. The van der Waals surface area contributed by atoms with E-state index in [2.05, 4.69) is 10.1 Å². The topological polar surface area (TPSA) is 68.5 Å². The Balaban J connectivity index is 1.60. The lowest BCUT2D eigenvalue weighted by atomic mass is 9.91. The van der Waals surface area contributed by atoms with Crippen molar-refractivity contribution in [2.24, 2.45) is 0 Å². The summed E-state index contributed by atoms with van der Waals surface area (Å²) in [5.41, 5.74) is 0.988. The third kappa shape index (κ3) is 2.56. The number of benzene rings is 1. The van der Waals surface area contributed by atoms with Gasteiger partial charge in [0.25, 0.3) is 0 Å². The molecular formula is C18H21N3O3. The zero-order valence-corrected chi connectivity index (χ0v) is 13.8. The summed E-state index contributed by atoms with van der Waals surface area (Å²) in [5, 5.41) is 4.09. The van der Waals surface area contributed by atoms with E-state index in [-0.39, 0.29) is 17.9 Å². The van der Waals surface area contributed by atoms with Crippen LogP contribution in [0, 0.1) is 0 Å². The summed E-state index contributed by atoms with van der Waals surface area (Å²) >= 11 is 0. The van der Waals surface area contributed by atoms with E-state index in [0.29, 0.717) is 31.2 Å². The smallest absolute Gasteiger partial charge is 0.231 e. The van der Waals surface area contributed by atoms with E-state index in [1.54, 1.807) is 0 Å². The molecule has 126 valence electrons. The molecule has 1 fully saturated rings. The van der Waals surface area contributed by atoms with Crippen molar-refractivity contribution in [1.29, 1.82) is 0 Å². The number of rotatable bonds is 3. The fourth-order valence-corrected chi connectivity index (χ4v) is 3.64. The third-order valence-corrected chi connectivity index (χ3v) is 4.88. The van der Waals surface area contributed by atoms with E-state index in [9.17, 15) is 4.79 Å². The summed E-state index contributed by atoms with van der Waals surface area (Å²) in [6.07, 6.45) is 3.28.